The average Bonchev–Trinajstić information content (AvgIpc) is 2.47. The van der Waals surface area contributed by atoms with E-state index >= 15 is 0 Å². The van der Waals surface area contributed by atoms with Crippen LogP contribution in [-0.2, 0) is 0 Å². The van der Waals surface area contributed by atoms with Gasteiger partial charge in [0, 0.05) is 16.1 Å². The zero-order chi connectivity index (χ0) is 14.8. The largest absolute Gasteiger partial charge is 0.309 e. The molecule has 3 rings (SSSR count). The number of aromatic nitrogens is 1. The maximum Gasteiger partial charge on any atom is 0.0705 e. The van der Waals surface area contributed by atoms with Gasteiger partial charge in [0.05, 0.1) is 11.6 Å². The van der Waals surface area contributed by atoms with Crippen LogP contribution in [0.4, 0.5) is 0 Å². The second-order valence-corrected chi connectivity index (χ2v) is 6.12. The SMILES string of the molecule is CNC(c1cc(C)cc(Br)c1)c1cccc2ncccc12. The Morgan fingerprint density at radius 3 is 2.71 bits per heavy atom. The highest BCUT2D eigenvalue weighted by Crippen LogP contribution is 2.30. The summed E-state index contributed by atoms with van der Waals surface area (Å²) in [5.41, 5.74) is 4.78. The van der Waals surface area contributed by atoms with Crippen molar-refractivity contribution in [3.05, 3.63) is 75.9 Å². The number of aryl methyl sites for hydroxylation is 1. The molecule has 0 saturated heterocycles. The lowest BCUT2D eigenvalue weighted by atomic mass is 9.94. The Kier molecular flexibility index (Phi) is 4.04. The van der Waals surface area contributed by atoms with Gasteiger partial charge in [0.15, 0.2) is 0 Å². The number of benzene rings is 2. The Balaban J connectivity index is 2.18. The normalized spacial score (nSPS) is 12.5. The molecule has 0 amide bonds. The molecular formula is C18H17BrN2. The van der Waals surface area contributed by atoms with Crippen molar-refractivity contribution in [2.24, 2.45) is 0 Å². The fourth-order valence-corrected chi connectivity index (χ4v) is 3.44. The molecule has 0 spiro atoms. The third-order valence-corrected chi connectivity index (χ3v) is 4.13. The van der Waals surface area contributed by atoms with E-state index in [0.29, 0.717) is 0 Å². The van der Waals surface area contributed by atoms with Crippen LogP contribution in [0.25, 0.3) is 10.9 Å². The number of hydrogen-bond donors (Lipinski definition) is 1. The first-order chi connectivity index (χ1) is 10.2. The number of halogens is 1. The zero-order valence-electron chi connectivity index (χ0n) is 12.1. The molecule has 1 heterocycles. The van der Waals surface area contributed by atoms with Crippen molar-refractivity contribution in [1.29, 1.82) is 0 Å². The van der Waals surface area contributed by atoms with E-state index in [0.717, 1.165) is 9.99 Å². The van der Waals surface area contributed by atoms with E-state index in [1.54, 1.807) is 0 Å². The first kappa shape index (κ1) is 14.2. The van der Waals surface area contributed by atoms with E-state index in [1.165, 1.54) is 22.1 Å². The van der Waals surface area contributed by atoms with Gasteiger partial charge in [0.2, 0.25) is 0 Å². The molecule has 0 saturated carbocycles. The third kappa shape index (κ3) is 2.85. The van der Waals surface area contributed by atoms with Crippen molar-refractivity contribution >= 4 is 26.8 Å². The second-order valence-electron chi connectivity index (χ2n) is 5.20. The Hall–Kier alpha value is -1.71. The van der Waals surface area contributed by atoms with Gasteiger partial charge >= 0.3 is 0 Å². The number of nitrogens with one attached hydrogen (secondary N) is 1. The Labute approximate surface area is 133 Å². The number of rotatable bonds is 3. The van der Waals surface area contributed by atoms with E-state index in [-0.39, 0.29) is 6.04 Å². The molecule has 1 aromatic heterocycles. The Morgan fingerprint density at radius 1 is 1.10 bits per heavy atom. The van der Waals surface area contributed by atoms with Crippen LogP contribution >= 0.6 is 15.9 Å². The van der Waals surface area contributed by atoms with Crippen molar-refractivity contribution in [2.75, 3.05) is 7.05 Å². The Morgan fingerprint density at radius 2 is 1.95 bits per heavy atom. The van der Waals surface area contributed by atoms with E-state index < -0.39 is 0 Å². The first-order valence-corrected chi connectivity index (χ1v) is 7.76. The molecule has 2 nitrogen and oxygen atoms in total. The molecule has 1 N–H and O–H groups in total. The summed E-state index contributed by atoms with van der Waals surface area (Å²) in [6.07, 6.45) is 1.84. The topological polar surface area (TPSA) is 24.9 Å². The third-order valence-electron chi connectivity index (χ3n) is 3.68. The smallest absolute Gasteiger partial charge is 0.0705 e. The molecule has 106 valence electrons. The van der Waals surface area contributed by atoms with Crippen LogP contribution in [0, 0.1) is 6.92 Å². The number of pyridine rings is 1. The second kappa shape index (κ2) is 5.96. The summed E-state index contributed by atoms with van der Waals surface area (Å²) >= 11 is 3.59. The summed E-state index contributed by atoms with van der Waals surface area (Å²) in [7, 11) is 2.00. The number of nitrogens with zero attached hydrogens (tertiary/aromatic N) is 1. The fourth-order valence-electron chi connectivity index (χ4n) is 2.81. The number of hydrogen-bond acceptors (Lipinski definition) is 2. The van der Waals surface area contributed by atoms with Crippen LogP contribution in [0.2, 0.25) is 0 Å². The molecule has 0 aliphatic heterocycles. The highest BCUT2D eigenvalue weighted by atomic mass is 79.9. The Bertz CT molecular complexity index is 758. The molecule has 0 fully saturated rings. The highest BCUT2D eigenvalue weighted by Gasteiger charge is 2.15. The molecular weight excluding hydrogens is 324 g/mol. The van der Waals surface area contributed by atoms with E-state index in [9.17, 15) is 0 Å². The molecule has 3 heteroatoms. The minimum absolute atomic E-state index is 0.147. The van der Waals surface area contributed by atoms with Crippen molar-refractivity contribution in [3.63, 3.8) is 0 Å². The van der Waals surface area contributed by atoms with E-state index in [2.05, 4.69) is 75.6 Å². The summed E-state index contributed by atoms with van der Waals surface area (Å²) in [4.78, 5) is 4.45. The predicted molar refractivity (Wildman–Crippen MR) is 91.5 cm³/mol. The summed E-state index contributed by atoms with van der Waals surface area (Å²) in [6, 6.07) is 17.1. The van der Waals surface area contributed by atoms with E-state index in [1.807, 2.05) is 19.3 Å². The van der Waals surface area contributed by atoms with Crippen molar-refractivity contribution in [3.8, 4) is 0 Å². The molecule has 21 heavy (non-hydrogen) atoms. The summed E-state index contributed by atoms with van der Waals surface area (Å²) in [5.74, 6) is 0. The van der Waals surface area contributed by atoms with Gasteiger partial charge in [0.25, 0.3) is 0 Å². The molecule has 1 unspecified atom stereocenters. The predicted octanol–water partition coefficient (Wildman–Crippen LogP) is 4.61. The minimum Gasteiger partial charge on any atom is -0.309 e. The van der Waals surface area contributed by atoms with Gasteiger partial charge < -0.3 is 5.32 Å². The molecule has 0 aliphatic carbocycles. The van der Waals surface area contributed by atoms with Crippen LogP contribution in [0.1, 0.15) is 22.7 Å². The van der Waals surface area contributed by atoms with Gasteiger partial charge in [-0.3, -0.25) is 4.98 Å². The average molecular weight is 341 g/mol. The van der Waals surface area contributed by atoms with Crippen molar-refractivity contribution in [2.45, 2.75) is 13.0 Å². The van der Waals surface area contributed by atoms with Gasteiger partial charge in [-0.05, 0) is 54.9 Å². The highest BCUT2D eigenvalue weighted by molar-refractivity contribution is 9.10. The summed E-state index contributed by atoms with van der Waals surface area (Å²) in [6.45, 7) is 2.12. The van der Waals surface area contributed by atoms with Crippen LogP contribution in [-0.4, -0.2) is 12.0 Å². The molecule has 0 radical (unpaired) electrons. The lowest BCUT2D eigenvalue weighted by Crippen LogP contribution is -2.18. The quantitative estimate of drug-likeness (QED) is 0.752. The maximum absolute atomic E-state index is 4.45. The monoisotopic (exact) mass is 340 g/mol. The van der Waals surface area contributed by atoms with Gasteiger partial charge in [-0.15, -0.1) is 0 Å². The lowest BCUT2D eigenvalue weighted by Gasteiger charge is -2.20. The van der Waals surface area contributed by atoms with Crippen LogP contribution in [0.15, 0.2) is 59.2 Å². The van der Waals surface area contributed by atoms with Crippen LogP contribution < -0.4 is 5.32 Å². The molecule has 3 aromatic rings. The van der Waals surface area contributed by atoms with Gasteiger partial charge in [-0.1, -0.05) is 40.2 Å². The van der Waals surface area contributed by atoms with Crippen molar-refractivity contribution < 1.29 is 0 Å². The molecule has 1 atom stereocenters. The fraction of sp³-hybridized carbons (Fsp3) is 0.167. The van der Waals surface area contributed by atoms with Crippen LogP contribution in [0.3, 0.4) is 0 Å². The van der Waals surface area contributed by atoms with E-state index in [4.69, 9.17) is 0 Å². The molecule has 0 bridgehead atoms. The van der Waals surface area contributed by atoms with Gasteiger partial charge in [-0.25, -0.2) is 0 Å². The standard InChI is InChI=1S/C18H17BrN2/c1-12-9-13(11-14(19)10-12)18(20-2)16-5-3-7-17-15(16)6-4-8-21-17/h3-11,18,20H,1-2H3. The summed E-state index contributed by atoms with van der Waals surface area (Å²) < 4.78 is 1.11. The molecule has 2 aromatic carbocycles. The van der Waals surface area contributed by atoms with Crippen molar-refractivity contribution in [1.82, 2.24) is 10.3 Å². The molecule has 0 aliphatic rings. The van der Waals surface area contributed by atoms with Gasteiger partial charge in [-0.2, -0.15) is 0 Å². The minimum atomic E-state index is 0.147. The first-order valence-electron chi connectivity index (χ1n) is 6.97. The maximum atomic E-state index is 4.45. The number of fused-ring (bicyclic) bond motifs is 1. The van der Waals surface area contributed by atoms with Crippen LogP contribution in [0.5, 0.6) is 0 Å². The van der Waals surface area contributed by atoms with Gasteiger partial charge in [0.1, 0.15) is 0 Å². The zero-order valence-corrected chi connectivity index (χ0v) is 13.7. The summed E-state index contributed by atoms with van der Waals surface area (Å²) in [5, 5.41) is 4.62. The lowest BCUT2D eigenvalue weighted by molar-refractivity contribution is 0.696.